The molecule has 8 nitrogen and oxygen atoms in total. The molecule has 1 amide bonds. The topological polar surface area (TPSA) is 97.2 Å². The largest absolute Gasteiger partial charge is 0.298 e. The van der Waals surface area contributed by atoms with Crippen LogP contribution in [0.5, 0.6) is 0 Å². The number of benzene rings is 1. The third-order valence-electron chi connectivity index (χ3n) is 3.97. The Bertz CT molecular complexity index is 1080. The number of rotatable bonds is 5. The Hall–Kier alpha value is -2.72. The van der Waals surface area contributed by atoms with Gasteiger partial charge in [0.15, 0.2) is 10.9 Å². The molecule has 142 valence electrons. The summed E-state index contributed by atoms with van der Waals surface area (Å²) in [6, 6.07) is 6.52. The second-order valence-corrected chi connectivity index (χ2v) is 9.23. The number of thiazole rings is 1. The third-order valence-corrected chi connectivity index (χ3v) is 6.56. The summed E-state index contributed by atoms with van der Waals surface area (Å²) in [7, 11) is -0.863. The van der Waals surface area contributed by atoms with E-state index in [1.807, 2.05) is 13.8 Å². The van der Waals surface area contributed by atoms with Crippen LogP contribution in [0, 0.1) is 13.8 Å². The first-order valence-corrected chi connectivity index (χ1v) is 10.3. The fourth-order valence-electron chi connectivity index (χ4n) is 2.52. The number of sulfonamides is 1. The summed E-state index contributed by atoms with van der Waals surface area (Å²) in [5, 5.41) is 7.18. The molecule has 0 bridgehead atoms. The summed E-state index contributed by atoms with van der Waals surface area (Å²) in [6.45, 7) is 3.76. The predicted octanol–water partition coefficient (Wildman–Crippen LogP) is 2.57. The van der Waals surface area contributed by atoms with E-state index in [1.54, 1.807) is 25.4 Å². The molecule has 0 unspecified atom stereocenters. The van der Waals surface area contributed by atoms with Gasteiger partial charge in [0.05, 0.1) is 11.1 Å². The fraction of sp³-hybridized carbons (Fsp3) is 0.235. The molecule has 0 spiro atoms. The molecule has 3 aromatic rings. The molecule has 0 aliphatic carbocycles. The van der Waals surface area contributed by atoms with Gasteiger partial charge in [0, 0.05) is 25.2 Å². The van der Waals surface area contributed by atoms with Gasteiger partial charge in [0.2, 0.25) is 0 Å². The summed E-state index contributed by atoms with van der Waals surface area (Å²) in [4.78, 5) is 17.8. The van der Waals surface area contributed by atoms with E-state index in [9.17, 15) is 13.2 Å². The van der Waals surface area contributed by atoms with Gasteiger partial charge in [0.25, 0.3) is 15.9 Å². The smallest absolute Gasteiger partial charge is 0.265 e. The maximum Gasteiger partial charge on any atom is 0.265 e. The van der Waals surface area contributed by atoms with Gasteiger partial charge in [-0.2, -0.15) is 5.10 Å². The van der Waals surface area contributed by atoms with Crippen LogP contribution in [-0.2, 0) is 17.1 Å². The van der Waals surface area contributed by atoms with E-state index >= 15 is 0 Å². The summed E-state index contributed by atoms with van der Waals surface area (Å²) in [5.74, 6) is -0.306. The molecule has 1 N–H and O–H groups in total. The predicted molar refractivity (Wildman–Crippen MR) is 105 cm³/mol. The average molecular weight is 406 g/mol. The van der Waals surface area contributed by atoms with Gasteiger partial charge in [-0.15, -0.1) is 11.3 Å². The van der Waals surface area contributed by atoms with Crippen molar-refractivity contribution in [1.82, 2.24) is 14.8 Å². The minimum absolute atomic E-state index is 0.138. The van der Waals surface area contributed by atoms with E-state index in [1.165, 1.54) is 41.4 Å². The molecule has 0 saturated carbocycles. The lowest BCUT2D eigenvalue weighted by molar-refractivity contribution is 0.102. The van der Waals surface area contributed by atoms with Crippen molar-refractivity contribution in [1.29, 1.82) is 0 Å². The Balaban J connectivity index is 1.95. The van der Waals surface area contributed by atoms with E-state index in [4.69, 9.17) is 0 Å². The number of aryl methyl sites for hydroxylation is 3. The molecule has 1 aromatic carbocycles. The maximum atomic E-state index is 13.0. The van der Waals surface area contributed by atoms with Crippen LogP contribution in [0.4, 0.5) is 10.9 Å². The van der Waals surface area contributed by atoms with Gasteiger partial charge in [-0.05, 0) is 26.0 Å². The van der Waals surface area contributed by atoms with E-state index in [0.717, 1.165) is 14.7 Å². The van der Waals surface area contributed by atoms with Crippen molar-refractivity contribution in [3.63, 3.8) is 0 Å². The number of carbonyl (C=O) groups is 1. The zero-order valence-electron chi connectivity index (χ0n) is 15.3. The first-order valence-electron chi connectivity index (χ1n) is 8.01. The molecule has 0 aliphatic heterocycles. The normalized spacial score (nSPS) is 11.4. The molecule has 2 aromatic heterocycles. The minimum atomic E-state index is -3.85. The second kappa shape index (κ2) is 7.12. The molecule has 2 heterocycles. The molecule has 0 radical (unpaired) electrons. The SMILES string of the molecule is Cc1ccc(S(=O)(=O)N(C)c2c(C(=O)Nc3ncc(C)s3)cnn2C)cc1. The van der Waals surface area contributed by atoms with E-state index in [-0.39, 0.29) is 16.3 Å². The number of hydrogen-bond donors (Lipinski definition) is 1. The Morgan fingerprint density at radius 1 is 1.19 bits per heavy atom. The zero-order valence-corrected chi connectivity index (χ0v) is 16.9. The molecule has 3 rings (SSSR count). The second-order valence-electron chi connectivity index (χ2n) is 6.02. The maximum absolute atomic E-state index is 13.0. The Labute approximate surface area is 161 Å². The van der Waals surface area contributed by atoms with Crippen molar-refractivity contribution in [2.75, 3.05) is 16.7 Å². The van der Waals surface area contributed by atoms with Crippen LogP contribution in [0.3, 0.4) is 0 Å². The molecular formula is C17H19N5O3S2. The van der Waals surface area contributed by atoms with Crippen LogP contribution in [0.1, 0.15) is 20.8 Å². The van der Waals surface area contributed by atoms with Gasteiger partial charge in [0.1, 0.15) is 5.56 Å². The number of carbonyl (C=O) groups excluding carboxylic acids is 1. The highest BCUT2D eigenvalue weighted by Crippen LogP contribution is 2.26. The molecule has 0 saturated heterocycles. The standard InChI is InChI=1S/C17H19N5O3S2/c1-11-5-7-13(8-6-11)27(24,25)22(4)16-14(10-19-21(16)3)15(23)20-17-18-9-12(2)26-17/h5-10H,1-4H3,(H,18,20,23). The summed E-state index contributed by atoms with van der Waals surface area (Å²) in [6.07, 6.45) is 2.99. The summed E-state index contributed by atoms with van der Waals surface area (Å²) in [5.41, 5.74) is 1.10. The van der Waals surface area contributed by atoms with Gasteiger partial charge in [-0.3, -0.25) is 19.1 Å². The number of nitrogens with zero attached hydrogens (tertiary/aromatic N) is 4. The summed E-state index contributed by atoms with van der Waals surface area (Å²) >= 11 is 1.33. The first kappa shape index (κ1) is 19.1. The quantitative estimate of drug-likeness (QED) is 0.704. The van der Waals surface area contributed by atoms with Crippen molar-refractivity contribution < 1.29 is 13.2 Å². The van der Waals surface area contributed by atoms with Gasteiger partial charge >= 0.3 is 0 Å². The number of aromatic nitrogens is 3. The molecular weight excluding hydrogens is 386 g/mol. The number of hydrogen-bond acceptors (Lipinski definition) is 6. The molecule has 27 heavy (non-hydrogen) atoms. The van der Waals surface area contributed by atoms with Gasteiger partial charge in [-0.25, -0.2) is 13.4 Å². The minimum Gasteiger partial charge on any atom is -0.298 e. The zero-order chi connectivity index (χ0) is 19.8. The van der Waals surface area contributed by atoms with Crippen LogP contribution in [0.15, 0.2) is 41.6 Å². The monoisotopic (exact) mass is 405 g/mol. The van der Waals surface area contributed by atoms with Crippen LogP contribution in [0.2, 0.25) is 0 Å². The van der Waals surface area contributed by atoms with Crippen molar-refractivity contribution >= 4 is 38.2 Å². The Kier molecular flexibility index (Phi) is 5.03. The lowest BCUT2D eigenvalue weighted by Crippen LogP contribution is -2.30. The Morgan fingerprint density at radius 3 is 2.44 bits per heavy atom. The van der Waals surface area contributed by atoms with Gasteiger partial charge < -0.3 is 0 Å². The van der Waals surface area contributed by atoms with E-state index in [0.29, 0.717) is 5.13 Å². The van der Waals surface area contributed by atoms with Gasteiger partial charge in [-0.1, -0.05) is 17.7 Å². The first-order chi connectivity index (χ1) is 12.7. The molecule has 0 fully saturated rings. The highest BCUT2D eigenvalue weighted by Gasteiger charge is 2.28. The van der Waals surface area contributed by atoms with Crippen molar-refractivity contribution in [2.24, 2.45) is 7.05 Å². The number of anilines is 2. The van der Waals surface area contributed by atoms with Crippen LogP contribution < -0.4 is 9.62 Å². The van der Waals surface area contributed by atoms with Crippen molar-refractivity contribution in [2.45, 2.75) is 18.7 Å². The van der Waals surface area contributed by atoms with E-state index in [2.05, 4.69) is 15.4 Å². The summed E-state index contributed by atoms with van der Waals surface area (Å²) < 4.78 is 28.4. The fourth-order valence-corrected chi connectivity index (χ4v) is 4.42. The van der Waals surface area contributed by atoms with E-state index < -0.39 is 15.9 Å². The molecule has 0 atom stereocenters. The van der Waals surface area contributed by atoms with Crippen molar-refractivity contribution in [3.8, 4) is 0 Å². The highest BCUT2D eigenvalue weighted by molar-refractivity contribution is 7.92. The lowest BCUT2D eigenvalue weighted by Gasteiger charge is -2.20. The lowest BCUT2D eigenvalue weighted by atomic mass is 10.2. The van der Waals surface area contributed by atoms with Crippen molar-refractivity contribution in [3.05, 3.63) is 52.7 Å². The van der Waals surface area contributed by atoms with Crippen LogP contribution in [0.25, 0.3) is 0 Å². The average Bonchev–Trinajstić information content (AvgIpc) is 3.20. The molecule has 0 aliphatic rings. The molecule has 10 heteroatoms. The Morgan fingerprint density at radius 2 is 1.85 bits per heavy atom. The highest BCUT2D eigenvalue weighted by atomic mass is 32.2. The van der Waals surface area contributed by atoms with Crippen LogP contribution in [-0.4, -0.2) is 36.1 Å². The van der Waals surface area contributed by atoms with Crippen LogP contribution >= 0.6 is 11.3 Å². The number of amides is 1. The third kappa shape index (κ3) is 3.71. The number of nitrogens with one attached hydrogen (secondary N) is 1.